The van der Waals surface area contributed by atoms with Gasteiger partial charge in [0.2, 0.25) is 0 Å². The summed E-state index contributed by atoms with van der Waals surface area (Å²) in [4.78, 5) is 25.1. The number of phosphoric acid groups is 1. The van der Waals surface area contributed by atoms with Gasteiger partial charge in [-0.05, 0) is 12.8 Å². The van der Waals surface area contributed by atoms with Gasteiger partial charge in [-0.3, -0.25) is 9.36 Å². The van der Waals surface area contributed by atoms with E-state index in [0.717, 1.165) is 32.1 Å². The van der Waals surface area contributed by atoms with E-state index in [1.54, 1.807) is 0 Å². The highest BCUT2D eigenvalue weighted by Gasteiger charge is 2.20. The number of carbonyl (C=O) groups is 1. The molecule has 8 nitrogen and oxygen atoms in total. The summed E-state index contributed by atoms with van der Waals surface area (Å²) >= 11 is 0. The highest BCUT2D eigenvalue weighted by Crippen LogP contribution is 2.38. The average Bonchev–Trinajstić information content (AvgIpc) is 3.13. The second kappa shape index (κ2) is 40.3. The van der Waals surface area contributed by atoms with E-state index in [2.05, 4.69) is 13.8 Å². The van der Waals surface area contributed by atoms with Crippen LogP contribution < -0.4 is 4.89 Å². The Bertz CT molecular complexity index is 853. The highest BCUT2D eigenvalue weighted by molar-refractivity contribution is 7.45. The van der Waals surface area contributed by atoms with Gasteiger partial charge in [0, 0.05) is 13.0 Å². The third-order valence-electron chi connectivity index (χ3n) is 10.7. The van der Waals surface area contributed by atoms with Gasteiger partial charge in [0.1, 0.15) is 19.3 Å². The van der Waals surface area contributed by atoms with Gasteiger partial charge in [0.25, 0.3) is 7.82 Å². The molecule has 0 aliphatic rings. The number of nitrogens with zero attached hydrogens (tertiary/aromatic N) is 1. The average molecular weight is 804 g/mol. The Hall–Kier alpha value is -0.500. The summed E-state index contributed by atoms with van der Waals surface area (Å²) in [6.45, 7) is 5.48. The van der Waals surface area contributed by atoms with Crippen LogP contribution in [0.15, 0.2) is 0 Å². The number of ether oxygens (including phenoxy) is 2. The Labute approximate surface area is 342 Å². The maximum absolute atomic E-state index is 12.7. The zero-order valence-corrected chi connectivity index (χ0v) is 38.3. The lowest BCUT2D eigenvalue weighted by atomic mass is 10.0. The molecule has 2 atom stereocenters. The number of quaternary nitrogens is 1. The second-order valence-corrected chi connectivity index (χ2v) is 18.9. The SMILES string of the molecule is CCCCCCCCCCCCCCCCCCCCOC[C@H](COP(=O)([O-])OCC[N+](C)(C)C)OC(=O)CCCCCCCCCCCCCCCCC. The van der Waals surface area contributed by atoms with E-state index in [9.17, 15) is 14.3 Å². The van der Waals surface area contributed by atoms with Crippen molar-refractivity contribution in [2.75, 3.05) is 54.1 Å². The zero-order chi connectivity index (χ0) is 40.6. The minimum atomic E-state index is -4.52. The van der Waals surface area contributed by atoms with Gasteiger partial charge < -0.3 is 27.9 Å². The number of rotatable bonds is 45. The van der Waals surface area contributed by atoms with Gasteiger partial charge in [-0.25, -0.2) is 0 Å². The predicted octanol–water partition coefficient (Wildman–Crippen LogP) is 13.4. The van der Waals surface area contributed by atoms with Crippen LogP contribution in [0, 0.1) is 0 Å². The largest absolute Gasteiger partial charge is 0.756 e. The highest BCUT2D eigenvalue weighted by atomic mass is 31.2. The van der Waals surface area contributed by atoms with Crippen LogP contribution in [-0.2, 0) is 27.9 Å². The summed E-state index contributed by atoms with van der Waals surface area (Å²) < 4.78 is 34.7. The molecule has 0 bridgehead atoms. The maximum Gasteiger partial charge on any atom is 0.306 e. The Morgan fingerprint density at radius 1 is 0.491 bits per heavy atom. The molecule has 9 heteroatoms. The molecule has 1 unspecified atom stereocenters. The van der Waals surface area contributed by atoms with E-state index < -0.39 is 13.9 Å². The second-order valence-electron chi connectivity index (χ2n) is 17.5. The lowest BCUT2D eigenvalue weighted by Crippen LogP contribution is -2.37. The van der Waals surface area contributed by atoms with E-state index in [4.69, 9.17) is 18.5 Å². The van der Waals surface area contributed by atoms with Gasteiger partial charge in [-0.2, -0.15) is 0 Å². The van der Waals surface area contributed by atoms with E-state index in [1.807, 2.05) is 21.1 Å². The summed E-state index contributed by atoms with van der Waals surface area (Å²) in [6, 6.07) is 0. The standard InChI is InChI=1S/C46H94NO7P/c1-6-8-10-12-14-16-18-20-22-23-24-26-28-30-32-34-36-38-41-51-43-45(44-53-55(49,50)52-42-40-47(3,4)5)54-46(48)39-37-35-33-31-29-27-25-21-19-17-15-13-11-9-7-2/h45H,6-44H2,1-5H3/t45-/m1/s1. The molecule has 0 aromatic carbocycles. The molecule has 0 N–H and O–H groups in total. The van der Waals surface area contributed by atoms with Gasteiger partial charge >= 0.3 is 5.97 Å². The van der Waals surface area contributed by atoms with E-state index in [-0.39, 0.29) is 25.8 Å². The number of hydrogen-bond donors (Lipinski definition) is 0. The molecule has 0 fully saturated rings. The summed E-state index contributed by atoms with van der Waals surface area (Å²) in [6.07, 6.45) is 42.5. The monoisotopic (exact) mass is 804 g/mol. The van der Waals surface area contributed by atoms with Crippen molar-refractivity contribution in [1.29, 1.82) is 0 Å². The zero-order valence-electron chi connectivity index (χ0n) is 37.4. The van der Waals surface area contributed by atoms with Crippen molar-refractivity contribution >= 4 is 13.8 Å². The van der Waals surface area contributed by atoms with Gasteiger partial charge in [0.15, 0.2) is 0 Å². The number of likely N-dealkylation sites (N-methyl/N-ethyl adjacent to an activating group) is 1. The Kier molecular flexibility index (Phi) is 39.9. The normalized spacial score (nSPS) is 13.6. The fourth-order valence-electron chi connectivity index (χ4n) is 6.96. The van der Waals surface area contributed by atoms with Crippen LogP contribution in [0.3, 0.4) is 0 Å². The van der Waals surface area contributed by atoms with Crippen molar-refractivity contribution in [3.05, 3.63) is 0 Å². The molecule has 0 amide bonds. The first-order valence-corrected chi connectivity index (χ1v) is 25.2. The molecular weight excluding hydrogens is 709 g/mol. The first-order chi connectivity index (χ1) is 26.6. The van der Waals surface area contributed by atoms with Crippen LogP contribution in [0.5, 0.6) is 0 Å². The van der Waals surface area contributed by atoms with Crippen LogP contribution in [0.25, 0.3) is 0 Å². The Balaban J connectivity index is 4.13. The molecule has 0 heterocycles. The van der Waals surface area contributed by atoms with Gasteiger partial charge in [-0.1, -0.05) is 213 Å². The summed E-state index contributed by atoms with van der Waals surface area (Å²) in [7, 11) is 1.38. The molecule has 0 spiro atoms. The molecular formula is C46H94NO7P. The maximum atomic E-state index is 12.7. The van der Waals surface area contributed by atoms with Crippen molar-refractivity contribution < 1.29 is 37.3 Å². The molecule has 330 valence electrons. The number of esters is 1. The van der Waals surface area contributed by atoms with E-state index in [0.29, 0.717) is 24.1 Å². The molecule has 55 heavy (non-hydrogen) atoms. The van der Waals surface area contributed by atoms with Crippen LogP contribution in [0.1, 0.15) is 232 Å². The number of unbranched alkanes of at least 4 members (excludes halogenated alkanes) is 31. The Morgan fingerprint density at radius 2 is 0.836 bits per heavy atom. The molecule has 0 saturated carbocycles. The van der Waals surface area contributed by atoms with Gasteiger partial charge in [-0.15, -0.1) is 0 Å². The first kappa shape index (κ1) is 54.5. The van der Waals surface area contributed by atoms with E-state index in [1.165, 1.54) is 180 Å². The molecule has 0 saturated heterocycles. The molecule has 0 aromatic heterocycles. The third kappa shape index (κ3) is 44.4. The molecule has 0 aliphatic carbocycles. The van der Waals surface area contributed by atoms with Crippen molar-refractivity contribution in [2.24, 2.45) is 0 Å². The van der Waals surface area contributed by atoms with Crippen LogP contribution >= 0.6 is 7.82 Å². The predicted molar refractivity (Wildman–Crippen MR) is 231 cm³/mol. The topological polar surface area (TPSA) is 94.1 Å². The first-order valence-electron chi connectivity index (χ1n) is 23.8. The molecule has 0 rings (SSSR count). The number of hydrogen-bond acceptors (Lipinski definition) is 7. The lowest BCUT2D eigenvalue weighted by Gasteiger charge is -2.28. The van der Waals surface area contributed by atoms with Crippen molar-refractivity contribution in [3.63, 3.8) is 0 Å². The lowest BCUT2D eigenvalue weighted by molar-refractivity contribution is -0.870. The fraction of sp³-hybridized carbons (Fsp3) is 0.978. The number of phosphoric ester groups is 1. The van der Waals surface area contributed by atoms with Crippen LogP contribution in [-0.4, -0.2) is 70.7 Å². The summed E-state index contributed by atoms with van der Waals surface area (Å²) in [5.74, 6) is -0.327. The molecule has 0 aromatic rings. The minimum absolute atomic E-state index is 0.0315. The van der Waals surface area contributed by atoms with Gasteiger partial charge in [0.05, 0.1) is 34.4 Å². The molecule has 0 radical (unpaired) electrons. The van der Waals surface area contributed by atoms with Crippen molar-refractivity contribution in [2.45, 2.75) is 238 Å². The van der Waals surface area contributed by atoms with Crippen LogP contribution in [0.4, 0.5) is 0 Å². The number of carbonyl (C=O) groups excluding carboxylic acids is 1. The quantitative estimate of drug-likeness (QED) is 0.0262. The summed E-state index contributed by atoms with van der Waals surface area (Å²) in [5.41, 5.74) is 0. The van der Waals surface area contributed by atoms with Crippen molar-refractivity contribution in [3.8, 4) is 0 Å². The molecule has 0 aliphatic heterocycles. The van der Waals surface area contributed by atoms with Crippen molar-refractivity contribution in [1.82, 2.24) is 0 Å². The van der Waals surface area contributed by atoms with E-state index >= 15 is 0 Å². The van der Waals surface area contributed by atoms with Crippen LogP contribution in [0.2, 0.25) is 0 Å². The minimum Gasteiger partial charge on any atom is -0.756 e. The third-order valence-corrected chi connectivity index (χ3v) is 11.6. The fourth-order valence-corrected chi connectivity index (χ4v) is 7.69. The smallest absolute Gasteiger partial charge is 0.306 e. The summed E-state index contributed by atoms with van der Waals surface area (Å²) in [5, 5.41) is 0. The Morgan fingerprint density at radius 3 is 1.20 bits per heavy atom.